The second kappa shape index (κ2) is 10.1. The van der Waals surface area contributed by atoms with Gasteiger partial charge in [0.05, 0.1) is 6.04 Å². The van der Waals surface area contributed by atoms with Gasteiger partial charge in [0, 0.05) is 40.8 Å². The Kier molecular flexibility index (Phi) is 6.72. The van der Waals surface area contributed by atoms with Crippen LogP contribution in [0.1, 0.15) is 58.2 Å². The zero-order valence-corrected chi connectivity index (χ0v) is 21.4. The van der Waals surface area contributed by atoms with E-state index in [-0.39, 0.29) is 17.4 Å². The number of carbonyl (C=O) groups excluding carboxylic acids is 3. The van der Waals surface area contributed by atoms with Crippen LogP contribution in [-0.2, 0) is 11.8 Å². The molecule has 0 spiro atoms. The average Bonchev–Trinajstić information content (AvgIpc) is 3.39. The highest BCUT2D eigenvalue weighted by molar-refractivity contribution is 6.04. The molecule has 1 aliphatic rings. The van der Waals surface area contributed by atoms with Crippen LogP contribution in [0.4, 0.5) is 4.39 Å². The van der Waals surface area contributed by atoms with Gasteiger partial charge in [0.2, 0.25) is 0 Å². The van der Waals surface area contributed by atoms with Gasteiger partial charge in [-0.3, -0.25) is 25.2 Å². The summed E-state index contributed by atoms with van der Waals surface area (Å²) in [6.45, 7) is 3.96. The molecule has 0 bridgehead atoms. The predicted octanol–water partition coefficient (Wildman–Crippen LogP) is 4.74. The van der Waals surface area contributed by atoms with Crippen molar-refractivity contribution in [3.63, 3.8) is 0 Å². The minimum absolute atomic E-state index is 0.0731. The predicted molar refractivity (Wildman–Crippen MR) is 143 cm³/mol. The fraction of sp³-hybridized carbons (Fsp3) is 0.233. The van der Waals surface area contributed by atoms with Crippen LogP contribution in [0, 0.1) is 11.7 Å². The van der Waals surface area contributed by atoms with Crippen molar-refractivity contribution >= 4 is 28.6 Å². The summed E-state index contributed by atoms with van der Waals surface area (Å²) in [5.74, 6) is -1.89. The van der Waals surface area contributed by atoms with Gasteiger partial charge in [-0.25, -0.2) is 4.39 Å². The Morgan fingerprint density at radius 2 is 1.68 bits per heavy atom. The van der Waals surface area contributed by atoms with Crippen LogP contribution in [0.25, 0.3) is 10.9 Å². The van der Waals surface area contributed by atoms with E-state index in [9.17, 15) is 18.8 Å². The summed E-state index contributed by atoms with van der Waals surface area (Å²) >= 11 is 0. The first-order valence-corrected chi connectivity index (χ1v) is 12.6. The number of nitrogens with zero attached hydrogens (tertiary/aromatic N) is 2. The summed E-state index contributed by atoms with van der Waals surface area (Å²) in [4.78, 5) is 41.7. The minimum Gasteiger partial charge on any atom is -0.350 e. The maximum Gasteiger partial charge on any atom is 0.269 e. The molecule has 2 atom stereocenters. The molecule has 3 amide bonds. The van der Waals surface area contributed by atoms with Crippen LogP contribution < -0.4 is 10.9 Å². The molecular formula is C30H29FN4O3. The first kappa shape index (κ1) is 25.2. The van der Waals surface area contributed by atoms with Crippen LogP contribution in [0.3, 0.4) is 0 Å². The van der Waals surface area contributed by atoms with E-state index in [1.54, 1.807) is 11.0 Å². The molecule has 2 heterocycles. The number of carbonyl (C=O) groups is 3. The average molecular weight is 513 g/mol. The number of hydrazine groups is 1. The molecule has 0 fully saturated rings. The summed E-state index contributed by atoms with van der Waals surface area (Å²) in [6.07, 6.45) is 2.39. The van der Waals surface area contributed by atoms with E-state index in [0.29, 0.717) is 12.0 Å². The summed E-state index contributed by atoms with van der Waals surface area (Å²) in [5.41, 5.74) is 8.26. The van der Waals surface area contributed by atoms with Gasteiger partial charge in [-0.2, -0.15) is 0 Å². The molecule has 0 saturated heterocycles. The van der Waals surface area contributed by atoms with Gasteiger partial charge in [0.25, 0.3) is 17.7 Å². The van der Waals surface area contributed by atoms with Gasteiger partial charge >= 0.3 is 0 Å². The number of hydrogen-bond acceptors (Lipinski definition) is 3. The van der Waals surface area contributed by atoms with Crippen molar-refractivity contribution in [2.45, 2.75) is 32.4 Å². The molecule has 2 N–H and O–H groups in total. The molecule has 2 unspecified atom stereocenters. The summed E-state index contributed by atoms with van der Waals surface area (Å²) in [5, 5.41) is 0.998. The van der Waals surface area contributed by atoms with Crippen LogP contribution in [-0.4, -0.2) is 33.2 Å². The van der Waals surface area contributed by atoms with Crippen LogP contribution >= 0.6 is 0 Å². The van der Waals surface area contributed by atoms with E-state index in [1.165, 1.54) is 18.2 Å². The monoisotopic (exact) mass is 512 g/mol. The normalized spacial score (nSPS) is 15.6. The third-order valence-electron chi connectivity index (χ3n) is 6.94. The zero-order chi connectivity index (χ0) is 27.0. The van der Waals surface area contributed by atoms with Gasteiger partial charge < -0.3 is 9.47 Å². The number of halogens is 1. The lowest BCUT2D eigenvalue weighted by Crippen LogP contribution is -2.53. The molecule has 5 rings (SSSR count). The zero-order valence-electron chi connectivity index (χ0n) is 21.4. The largest absolute Gasteiger partial charge is 0.350 e. The summed E-state index contributed by atoms with van der Waals surface area (Å²) in [6, 6.07) is 19.2. The number of hydrogen-bond donors (Lipinski definition) is 2. The van der Waals surface area contributed by atoms with Gasteiger partial charge in [0.15, 0.2) is 0 Å². The number of aryl methyl sites for hydroxylation is 1. The molecule has 0 aliphatic carbocycles. The van der Waals surface area contributed by atoms with E-state index in [2.05, 4.69) is 10.9 Å². The standard InChI is InChI=1S/C30H29FN4O3/c1-18(2)15-26(29(37)33-32-28(36)19-9-8-10-20(31)16-19)35-27(22-12-4-5-13-23(22)30(35)38)24-17-34(3)25-14-7-6-11-21(24)25/h4-14,16-18,26-27H,15H2,1-3H3,(H,32,36)(H,33,37). The van der Waals surface area contributed by atoms with Crippen LogP contribution in [0.2, 0.25) is 0 Å². The number of nitrogens with one attached hydrogen (secondary N) is 2. The molecule has 4 aromatic rings. The quantitative estimate of drug-likeness (QED) is 0.366. The van der Waals surface area contributed by atoms with Gasteiger partial charge in [-0.05, 0) is 48.2 Å². The Morgan fingerprint density at radius 3 is 2.45 bits per heavy atom. The topological polar surface area (TPSA) is 83.4 Å². The van der Waals surface area contributed by atoms with Crippen molar-refractivity contribution in [2.75, 3.05) is 0 Å². The molecule has 7 nitrogen and oxygen atoms in total. The SMILES string of the molecule is CC(C)CC(C(=O)NNC(=O)c1cccc(F)c1)N1C(=O)c2ccccc2C1c1cn(C)c2ccccc12. The van der Waals surface area contributed by atoms with Crippen molar-refractivity contribution in [2.24, 2.45) is 13.0 Å². The molecule has 3 aromatic carbocycles. The van der Waals surface area contributed by atoms with E-state index >= 15 is 0 Å². The second-order valence-electron chi connectivity index (χ2n) is 10.0. The van der Waals surface area contributed by atoms with Crippen LogP contribution in [0.5, 0.6) is 0 Å². The minimum atomic E-state index is -0.869. The van der Waals surface area contributed by atoms with Crippen molar-refractivity contribution in [3.05, 3.63) is 107 Å². The van der Waals surface area contributed by atoms with E-state index in [4.69, 9.17) is 0 Å². The van der Waals surface area contributed by atoms with Gasteiger partial charge in [-0.1, -0.05) is 56.3 Å². The molecule has 8 heteroatoms. The maximum atomic E-state index is 13.9. The Hall–Kier alpha value is -4.46. The number of fused-ring (bicyclic) bond motifs is 2. The first-order valence-electron chi connectivity index (χ1n) is 12.6. The van der Waals surface area contributed by atoms with Gasteiger partial charge in [0.1, 0.15) is 11.9 Å². The third-order valence-corrected chi connectivity index (χ3v) is 6.94. The molecule has 38 heavy (non-hydrogen) atoms. The molecule has 0 saturated carbocycles. The Labute approximate surface area is 220 Å². The maximum absolute atomic E-state index is 13.9. The van der Waals surface area contributed by atoms with Crippen molar-refractivity contribution < 1.29 is 18.8 Å². The lowest BCUT2D eigenvalue weighted by molar-refractivity contribution is -0.127. The third kappa shape index (κ3) is 4.53. The number of rotatable bonds is 6. The van der Waals surface area contributed by atoms with Crippen molar-refractivity contribution in [1.82, 2.24) is 20.3 Å². The Bertz CT molecular complexity index is 1540. The van der Waals surface area contributed by atoms with E-state index in [1.807, 2.05) is 74.1 Å². The highest BCUT2D eigenvalue weighted by Crippen LogP contribution is 2.43. The van der Waals surface area contributed by atoms with E-state index in [0.717, 1.165) is 28.1 Å². The van der Waals surface area contributed by atoms with Crippen LogP contribution in [0.15, 0.2) is 79.0 Å². The molecule has 1 aliphatic heterocycles. The second-order valence-corrected chi connectivity index (χ2v) is 10.0. The highest BCUT2D eigenvalue weighted by atomic mass is 19.1. The van der Waals surface area contributed by atoms with Crippen molar-refractivity contribution in [3.8, 4) is 0 Å². The lowest BCUT2D eigenvalue weighted by Gasteiger charge is -2.33. The smallest absolute Gasteiger partial charge is 0.269 e. The van der Waals surface area contributed by atoms with E-state index < -0.39 is 29.7 Å². The summed E-state index contributed by atoms with van der Waals surface area (Å²) in [7, 11) is 1.96. The molecule has 0 radical (unpaired) electrons. The fourth-order valence-electron chi connectivity index (χ4n) is 5.26. The summed E-state index contributed by atoms with van der Waals surface area (Å²) < 4.78 is 15.6. The number of para-hydroxylation sites is 1. The Morgan fingerprint density at radius 1 is 0.947 bits per heavy atom. The first-order chi connectivity index (χ1) is 18.3. The highest BCUT2D eigenvalue weighted by Gasteiger charge is 2.45. The number of aromatic nitrogens is 1. The number of benzene rings is 3. The van der Waals surface area contributed by atoms with Crippen molar-refractivity contribution in [1.29, 1.82) is 0 Å². The lowest BCUT2D eigenvalue weighted by atomic mass is 9.95. The van der Waals surface area contributed by atoms with Gasteiger partial charge in [-0.15, -0.1) is 0 Å². The molecular weight excluding hydrogens is 483 g/mol. The molecule has 194 valence electrons. The fourth-order valence-corrected chi connectivity index (χ4v) is 5.26. The Balaban J connectivity index is 1.52. The molecule has 1 aromatic heterocycles. The number of amides is 3.